The van der Waals surface area contributed by atoms with Crippen molar-refractivity contribution in [2.75, 3.05) is 18.4 Å². The van der Waals surface area contributed by atoms with Crippen molar-refractivity contribution in [2.45, 2.75) is 6.92 Å². The number of guanidine groups is 1. The molecule has 6 nitrogen and oxygen atoms in total. The normalized spacial score (nSPS) is 14.8. The molecule has 0 fully saturated rings. The summed E-state index contributed by atoms with van der Waals surface area (Å²) in [6.07, 6.45) is 0. The van der Waals surface area contributed by atoms with E-state index in [0.717, 1.165) is 13.1 Å². The van der Waals surface area contributed by atoms with Gasteiger partial charge in [-0.15, -0.1) is 0 Å². The van der Waals surface area contributed by atoms with E-state index in [2.05, 4.69) is 25.8 Å². The number of aliphatic imine (C=N–C) groups is 1. The molecule has 0 radical (unpaired) electrons. The van der Waals surface area contributed by atoms with Crippen molar-refractivity contribution >= 4 is 17.6 Å². The van der Waals surface area contributed by atoms with Crippen LogP contribution >= 0.6 is 0 Å². The van der Waals surface area contributed by atoms with Crippen molar-refractivity contribution in [2.24, 2.45) is 4.99 Å². The summed E-state index contributed by atoms with van der Waals surface area (Å²) in [7, 11) is 0. The van der Waals surface area contributed by atoms with Crippen LogP contribution in [0.25, 0.3) is 0 Å². The van der Waals surface area contributed by atoms with Crippen LogP contribution in [-0.2, 0) is 0 Å². The SMILES string of the molecule is CC(=O)c1cc(NC2=NCCN2)n[nH]1. The largest absolute Gasteiger partial charge is 0.354 e. The minimum atomic E-state index is -0.0353. The number of nitrogens with zero attached hydrogens (tertiary/aromatic N) is 2. The molecule has 0 atom stereocenters. The third kappa shape index (κ3) is 1.73. The van der Waals surface area contributed by atoms with Gasteiger partial charge in [-0.05, 0) is 0 Å². The molecule has 0 spiro atoms. The topological polar surface area (TPSA) is 82.2 Å². The minimum Gasteiger partial charge on any atom is -0.354 e. The fourth-order valence-electron chi connectivity index (χ4n) is 1.17. The van der Waals surface area contributed by atoms with E-state index in [9.17, 15) is 4.79 Å². The molecular formula is C8H11N5O. The van der Waals surface area contributed by atoms with E-state index >= 15 is 0 Å². The summed E-state index contributed by atoms with van der Waals surface area (Å²) in [6, 6.07) is 1.66. The number of carbonyl (C=O) groups excluding carboxylic acids is 1. The molecule has 2 rings (SSSR count). The Morgan fingerprint density at radius 2 is 2.50 bits per heavy atom. The van der Waals surface area contributed by atoms with Crippen LogP contribution in [0.15, 0.2) is 11.1 Å². The molecule has 0 amide bonds. The minimum absolute atomic E-state index is 0.0353. The molecule has 0 saturated heterocycles. The standard InChI is InChI=1S/C8H11N5O/c1-5(14)6-4-7(13-12-6)11-8-9-2-3-10-8/h4H,2-3H2,1H3,(H3,9,10,11,12,13). The van der Waals surface area contributed by atoms with Crippen LogP contribution in [0.1, 0.15) is 17.4 Å². The number of nitrogens with one attached hydrogen (secondary N) is 3. The highest BCUT2D eigenvalue weighted by atomic mass is 16.1. The number of aromatic amines is 1. The molecule has 2 heterocycles. The summed E-state index contributed by atoms with van der Waals surface area (Å²) >= 11 is 0. The van der Waals surface area contributed by atoms with E-state index in [1.165, 1.54) is 6.92 Å². The number of H-pyrrole nitrogens is 1. The summed E-state index contributed by atoms with van der Waals surface area (Å²) in [6.45, 7) is 3.10. The number of ketones is 1. The molecular weight excluding hydrogens is 182 g/mol. The van der Waals surface area contributed by atoms with Gasteiger partial charge in [-0.25, -0.2) is 0 Å². The lowest BCUT2D eigenvalue weighted by Gasteiger charge is -2.00. The fraction of sp³-hybridized carbons (Fsp3) is 0.375. The molecule has 6 heteroatoms. The van der Waals surface area contributed by atoms with Crippen LogP contribution < -0.4 is 10.6 Å². The number of anilines is 1. The number of hydrogen-bond donors (Lipinski definition) is 3. The molecule has 1 aromatic heterocycles. The van der Waals surface area contributed by atoms with Crippen LogP contribution in [0.2, 0.25) is 0 Å². The van der Waals surface area contributed by atoms with Crippen molar-refractivity contribution in [3.8, 4) is 0 Å². The second kappa shape index (κ2) is 3.49. The maximum atomic E-state index is 11.0. The Balaban J connectivity index is 2.06. The first-order chi connectivity index (χ1) is 6.75. The van der Waals surface area contributed by atoms with Crippen molar-refractivity contribution in [3.63, 3.8) is 0 Å². The monoisotopic (exact) mass is 193 g/mol. The van der Waals surface area contributed by atoms with Gasteiger partial charge in [-0.2, -0.15) is 5.10 Å². The molecule has 0 unspecified atom stereocenters. The van der Waals surface area contributed by atoms with Gasteiger partial charge in [0, 0.05) is 19.5 Å². The Morgan fingerprint density at radius 3 is 3.07 bits per heavy atom. The van der Waals surface area contributed by atoms with Crippen LogP contribution in [0.5, 0.6) is 0 Å². The number of aromatic nitrogens is 2. The van der Waals surface area contributed by atoms with Crippen molar-refractivity contribution in [1.82, 2.24) is 15.5 Å². The fourth-order valence-corrected chi connectivity index (χ4v) is 1.17. The molecule has 0 saturated carbocycles. The highest BCUT2D eigenvalue weighted by Crippen LogP contribution is 2.05. The zero-order chi connectivity index (χ0) is 9.97. The third-order valence-corrected chi connectivity index (χ3v) is 1.88. The first-order valence-corrected chi connectivity index (χ1v) is 4.37. The summed E-state index contributed by atoms with van der Waals surface area (Å²) < 4.78 is 0. The van der Waals surface area contributed by atoms with Crippen LogP contribution in [0.3, 0.4) is 0 Å². The van der Waals surface area contributed by atoms with Gasteiger partial charge >= 0.3 is 0 Å². The summed E-state index contributed by atoms with van der Waals surface area (Å²) in [5.41, 5.74) is 0.492. The van der Waals surface area contributed by atoms with E-state index in [4.69, 9.17) is 0 Å². The van der Waals surface area contributed by atoms with Gasteiger partial charge < -0.3 is 10.6 Å². The van der Waals surface area contributed by atoms with Gasteiger partial charge in [0.25, 0.3) is 0 Å². The third-order valence-electron chi connectivity index (χ3n) is 1.88. The Hall–Kier alpha value is -1.85. The van der Waals surface area contributed by atoms with Gasteiger partial charge in [0.15, 0.2) is 17.6 Å². The first-order valence-electron chi connectivity index (χ1n) is 4.37. The zero-order valence-corrected chi connectivity index (χ0v) is 7.79. The number of rotatable bonds is 2. The maximum Gasteiger partial charge on any atom is 0.197 e. The Kier molecular flexibility index (Phi) is 2.18. The highest BCUT2D eigenvalue weighted by molar-refractivity contribution is 5.96. The van der Waals surface area contributed by atoms with Gasteiger partial charge in [0.1, 0.15) is 5.69 Å². The Labute approximate surface area is 80.8 Å². The molecule has 0 aliphatic carbocycles. The van der Waals surface area contributed by atoms with Crippen LogP contribution in [0.4, 0.5) is 5.82 Å². The molecule has 3 N–H and O–H groups in total. The van der Waals surface area contributed by atoms with Gasteiger partial charge in [0.2, 0.25) is 0 Å². The lowest BCUT2D eigenvalue weighted by atomic mass is 10.3. The highest BCUT2D eigenvalue weighted by Gasteiger charge is 2.08. The zero-order valence-electron chi connectivity index (χ0n) is 7.79. The van der Waals surface area contributed by atoms with Crippen LogP contribution in [-0.4, -0.2) is 35.0 Å². The molecule has 1 aromatic rings. The second-order valence-corrected chi connectivity index (χ2v) is 3.01. The molecule has 1 aliphatic rings. The van der Waals surface area contributed by atoms with E-state index in [1.807, 2.05) is 0 Å². The number of hydrogen-bond acceptors (Lipinski definition) is 5. The summed E-state index contributed by atoms with van der Waals surface area (Å²) in [5, 5.41) is 12.6. The molecule has 0 bridgehead atoms. The quantitative estimate of drug-likeness (QED) is 0.577. The van der Waals surface area contributed by atoms with E-state index in [1.54, 1.807) is 6.07 Å². The van der Waals surface area contributed by atoms with Gasteiger partial charge in [-0.1, -0.05) is 0 Å². The van der Waals surface area contributed by atoms with Gasteiger partial charge in [0.05, 0.1) is 6.54 Å². The maximum absolute atomic E-state index is 11.0. The summed E-state index contributed by atoms with van der Waals surface area (Å²) in [5.74, 6) is 1.27. The Bertz CT molecular complexity index is 381. The molecule has 0 aromatic carbocycles. The molecule has 14 heavy (non-hydrogen) atoms. The van der Waals surface area contributed by atoms with Crippen molar-refractivity contribution in [1.29, 1.82) is 0 Å². The lowest BCUT2D eigenvalue weighted by molar-refractivity contribution is 0.101. The number of Topliss-reactive ketones (excluding diaryl/α,β-unsaturated/α-hetero) is 1. The second-order valence-electron chi connectivity index (χ2n) is 3.01. The van der Waals surface area contributed by atoms with E-state index in [0.29, 0.717) is 17.5 Å². The molecule has 1 aliphatic heterocycles. The van der Waals surface area contributed by atoms with E-state index in [-0.39, 0.29) is 5.78 Å². The van der Waals surface area contributed by atoms with Crippen molar-refractivity contribution in [3.05, 3.63) is 11.8 Å². The predicted octanol–water partition coefficient (Wildman–Crippen LogP) is -0.0166. The smallest absolute Gasteiger partial charge is 0.197 e. The predicted molar refractivity (Wildman–Crippen MR) is 52.5 cm³/mol. The average Bonchev–Trinajstić information content (AvgIpc) is 2.75. The Morgan fingerprint density at radius 1 is 1.64 bits per heavy atom. The van der Waals surface area contributed by atoms with E-state index < -0.39 is 0 Å². The van der Waals surface area contributed by atoms with Crippen molar-refractivity contribution < 1.29 is 4.79 Å². The molecule has 74 valence electrons. The average molecular weight is 193 g/mol. The van der Waals surface area contributed by atoms with Crippen LogP contribution in [0, 0.1) is 0 Å². The lowest BCUT2D eigenvalue weighted by Crippen LogP contribution is -2.26. The van der Waals surface area contributed by atoms with Gasteiger partial charge in [-0.3, -0.25) is 14.9 Å². The summed E-state index contributed by atoms with van der Waals surface area (Å²) in [4.78, 5) is 15.1. The first kappa shape index (κ1) is 8.74. The number of carbonyl (C=O) groups is 1.